The summed E-state index contributed by atoms with van der Waals surface area (Å²) >= 11 is 3.55. The van der Waals surface area contributed by atoms with Gasteiger partial charge in [-0.3, -0.25) is 4.79 Å². The highest BCUT2D eigenvalue weighted by molar-refractivity contribution is 9.10. The van der Waals surface area contributed by atoms with Gasteiger partial charge in [0.15, 0.2) is 11.5 Å². The van der Waals surface area contributed by atoms with Gasteiger partial charge in [0.1, 0.15) is 31.3 Å². The van der Waals surface area contributed by atoms with Crippen LogP contribution in [0, 0.1) is 0 Å². The minimum absolute atomic E-state index is 0.0161. The number of halogens is 1. The number of ether oxygens (including phenoxy) is 5. The number of methoxy groups -OCH3 is 1. The Labute approximate surface area is 165 Å². The van der Waals surface area contributed by atoms with E-state index in [1.165, 1.54) is 7.11 Å². The molecule has 0 aliphatic carbocycles. The van der Waals surface area contributed by atoms with Crippen molar-refractivity contribution >= 4 is 21.9 Å². The molecule has 6 nitrogen and oxygen atoms in total. The second kappa shape index (κ2) is 7.68. The molecule has 0 radical (unpaired) electrons. The second-order valence-electron chi connectivity index (χ2n) is 6.33. The first-order valence-electron chi connectivity index (χ1n) is 8.69. The van der Waals surface area contributed by atoms with Gasteiger partial charge in [-0.25, -0.2) is 0 Å². The zero-order valence-corrected chi connectivity index (χ0v) is 16.4. The summed E-state index contributed by atoms with van der Waals surface area (Å²) < 4.78 is 28.7. The normalized spacial score (nSPS) is 17.0. The lowest BCUT2D eigenvalue weighted by molar-refractivity contribution is -0.141. The van der Waals surface area contributed by atoms with Gasteiger partial charge in [0.25, 0.3) is 0 Å². The number of carbonyl (C=O) groups is 1. The molecule has 4 rings (SSSR count). The van der Waals surface area contributed by atoms with Crippen molar-refractivity contribution in [3.8, 4) is 23.0 Å². The Morgan fingerprint density at radius 2 is 2.00 bits per heavy atom. The van der Waals surface area contributed by atoms with Crippen LogP contribution in [0.15, 0.2) is 34.8 Å². The maximum absolute atomic E-state index is 11.5. The molecule has 0 saturated heterocycles. The van der Waals surface area contributed by atoms with Gasteiger partial charge in [-0.1, -0.05) is 22.0 Å². The van der Waals surface area contributed by atoms with Gasteiger partial charge in [0.2, 0.25) is 0 Å². The van der Waals surface area contributed by atoms with Gasteiger partial charge >= 0.3 is 5.97 Å². The number of carbonyl (C=O) groups excluding carboxylic acids is 1. The molecule has 27 heavy (non-hydrogen) atoms. The summed E-state index contributed by atoms with van der Waals surface area (Å²) in [6.07, 6.45) is 0.310. The average Bonchev–Trinajstić information content (AvgIpc) is 3.09. The minimum atomic E-state index is -0.238. The van der Waals surface area contributed by atoms with Gasteiger partial charge in [-0.2, -0.15) is 0 Å². The van der Waals surface area contributed by atoms with Gasteiger partial charge < -0.3 is 23.7 Å². The van der Waals surface area contributed by atoms with E-state index in [1.807, 2.05) is 30.3 Å². The molecule has 0 bridgehead atoms. The van der Waals surface area contributed by atoms with Gasteiger partial charge in [-0.05, 0) is 18.2 Å². The molecule has 2 aromatic rings. The zero-order chi connectivity index (χ0) is 18.8. The van der Waals surface area contributed by atoms with Crippen molar-refractivity contribution in [2.24, 2.45) is 0 Å². The molecule has 0 spiro atoms. The molecule has 0 saturated carbocycles. The Morgan fingerprint density at radius 1 is 1.15 bits per heavy atom. The summed E-state index contributed by atoms with van der Waals surface area (Å²) in [5.41, 5.74) is 1.90. The number of esters is 1. The number of hydrogen-bond acceptors (Lipinski definition) is 6. The molecular weight excluding hydrogens is 416 g/mol. The lowest BCUT2D eigenvalue weighted by Gasteiger charge is -2.22. The SMILES string of the molecule is COC(=O)CC1COc2cc(OCc3c(Br)ccc4c3OCCO4)ccc21. The van der Waals surface area contributed by atoms with Crippen LogP contribution >= 0.6 is 15.9 Å². The number of hydrogen-bond donors (Lipinski definition) is 0. The molecule has 2 aliphatic heterocycles. The first-order valence-corrected chi connectivity index (χ1v) is 9.48. The Bertz CT molecular complexity index is 866. The van der Waals surface area contributed by atoms with E-state index in [2.05, 4.69) is 15.9 Å². The van der Waals surface area contributed by atoms with Gasteiger partial charge in [0, 0.05) is 27.6 Å². The largest absolute Gasteiger partial charge is 0.492 e. The van der Waals surface area contributed by atoms with Crippen LogP contribution in [0.5, 0.6) is 23.0 Å². The van der Waals surface area contributed by atoms with Crippen LogP contribution in [0.25, 0.3) is 0 Å². The van der Waals surface area contributed by atoms with Crippen molar-refractivity contribution in [3.05, 3.63) is 45.9 Å². The lowest BCUT2D eigenvalue weighted by atomic mass is 9.98. The molecule has 7 heteroatoms. The van der Waals surface area contributed by atoms with Crippen LogP contribution in [-0.2, 0) is 16.1 Å². The van der Waals surface area contributed by atoms with Crippen molar-refractivity contribution < 1.29 is 28.5 Å². The molecule has 1 unspecified atom stereocenters. The predicted molar refractivity (Wildman–Crippen MR) is 101 cm³/mol. The fraction of sp³-hybridized carbons (Fsp3) is 0.350. The van der Waals surface area contributed by atoms with Crippen LogP contribution in [0.3, 0.4) is 0 Å². The monoisotopic (exact) mass is 434 g/mol. The van der Waals surface area contributed by atoms with Crippen LogP contribution in [0.2, 0.25) is 0 Å². The molecule has 2 heterocycles. The quantitative estimate of drug-likeness (QED) is 0.666. The summed E-state index contributed by atoms with van der Waals surface area (Å²) in [5, 5.41) is 0. The van der Waals surface area contributed by atoms with Crippen molar-refractivity contribution in [3.63, 3.8) is 0 Å². The fourth-order valence-electron chi connectivity index (χ4n) is 3.24. The Hall–Kier alpha value is -2.41. The molecule has 0 N–H and O–H groups in total. The van der Waals surface area contributed by atoms with Crippen LogP contribution in [0.1, 0.15) is 23.5 Å². The standard InChI is InChI=1S/C20H19BrO6/c1-23-19(22)8-12-10-27-18-9-13(2-3-14(12)18)26-11-15-16(21)4-5-17-20(15)25-7-6-24-17/h2-5,9,12H,6-8,10-11H2,1H3. The third kappa shape index (κ3) is 3.69. The second-order valence-corrected chi connectivity index (χ2v) is 7.18. The van der Waals surface area contributed by atoms with Crippen molar-refractivity contribution in [2.75, 3.05) is 26.9 Å². The molecule has 0 aromatic heterocycles. The maximum Gasteiger partial charge on any atom is 0.306 e. The predicted octanol–water partition coefficient (Wildman–Crippen LogP) is 3.84. The van der Waals surface area contributed by atoms with E-state index in [1.54, 1.807) is 0 Å². The van der Waals surface area contributed by atoms with Gasteiger partial charge in [-0.15, -0.1) is 0 Å². The van der Waals surface area contributed by atoms with E-state index in [4.69, 9.17) is 23.7 Å². The highest BCUT2D eigenvalue weighted by Gasteiger charge is 2.27. The van der Waals surface area contributed by atoms with Crippen molar-refractivity contribution in [1.82, 2.24) is 0 Å². The van der Waals surface area contributed by atoms with Crippen LogP contribution < -0.4 is 18.9 Å². The fourth-order valence-corrected chi connectivity index (χ4v) is 3.67. The summed E-state index contributed by atoms with van der Waals surface area (Å²) in [5.74, 6) is 2.65. The summed E-state index contributed by atoms with van der Waals surface area (Å²) in [6, 6.07) is 9.49. The van der Waals surface area contributed by atoms with E-state index in [9.17, 15) is 4.79 Å². The van der Waals surface area contributed by atoms with E-state index in [0.717, 1.165) is 27.1 Å². The highest BCUT2D eigenvalue weighted by atomic mass is 79.9. The summed E-state index contributed by atoms with van der Waals surface area (Å²) in [6.45, 7) is 1.86. The minimum Gasteiger partial charge on any atom is -0.492 e. The highest BCUT2D eigenvalue weighted by Crippen LogP contribution is 2.41. The summed E-state index contributed by atoms with van der Waals surface area (Å²) in [7, 11) is 1.39. The van der Waals surface area contributed by atoms with E-state index >= 15 is 0 Å². The maximum atomic E-state index is 11.5. The number of benzene rings is 2. The average molecular weight is 435 g/mol. The van der Waals surface area contributed by atoms with Crippen molar-refractivity contribution in [1.29, 1.82) is 0 Å². The zero-order valence-electron chi connectivity index (χ0n) is 14.8. The molecular formula is C20H19BrO6. The third-order valence-electron chi connectivity index (χ3n) is 4.64. The first-order chi connectivity index (χ1) is 13.2. The smallest absolute Gasteiger partial charge is 0.306 e. The molecule has 2 aromatic carbocycles. The molecule has 1 atom stereocenters. The molecule has 2 aliphatic rings. The van der Waals surface area contributed by atoms with Crippen LogP contribution in [0.4, 0.5) is 0 Å². The van der Waals surface area contributed by atoms with Crippen molar-refractivity contribution in [2.45, 2.75) is 18.9 Å². The van der Waals surface area contributed by atoms with Crippen LogP contribution in [-0.4, -0.2) is 32.9 Å². The molecule has 0 amide bonds. The lowest BCUT2D eigenvalue weighted by Crippen LogP contribution is -2.17. The molecule has 142 valence electrons. The summed E-state index contributed by atoms with van der Waals surface area (Å²) in [4.78, 5) is 11.5. The molecule has 0 fully saturated rings. The van der Waals surface area contributed by atoms with E-state index in [0.29, 0.717) is 44.3 Å². The third-order valence-corrected chi connectivity index (χ3v) is 5.39. The first kappa shape index (κ1) is 18.0. The number of fused-ring (bicyclic) bond motifs is 2. The Balaban J connectivity index is 1.48. The Kier molecular flexibility index (Phi) is 5.11. The Morgan fingerprint density at radius 3 is 2.85 bits per heavy atom. The topological polar surface area (TPSA) is 63.2 Å². The van der Waals surface area contributed by atoms with Gasteiger partial charge in [0.05, 0.1) is 20.1 Å². The number of rotatable bonds is 5. The van der Waals surface area contributed by atoms with E-state index < -0.39 is 0 Å². The van der Waals surface area contributed by atoms with E-state index in [-0.39, 0.29) is 11.9 Å².